The summed E-state index contributed by atoms with van der Waals surface area (Å²) in [6.07, 6.45) is 2.58. The van der Waals surface area contributed by atoms with E-state index in [1.807, 2.05) is 12.1 Å². The third-order valence-electron chi connectivity index (χ3n) is 4.11. The average molecular weight is 386 g/mol. The number of aromatic nitrogens is 1. The number of methoxy groups -OCH3 is 2. The molecule has 152 valence electrons. The molecule has 0 bridgehead atoms. The third-order valence-corrected chi connectivity index (χ3v) is 4.11. The van der Waals surface area contributed by atoms with E-state index in [4.69, 9.17) is 14.2 Å². The van der Waals surface area contributed by atoms with Crippen molar-refractivity contribution < 1.29 is 14.2 Å². The van der Waals surface area contributed by atoms with Gasteiger partial charge in [-0.1, -0.05) is 12.1 Å². The maximum atomic E-state index is 5.94. The number of aryl methyl sites for hydroxylation is 1. The first-order valence-corrected chi connectivity index (χ1v) is 9.31. The minimum Gasteiger partial charge on any atom is -0.493 e. The molecule has 1 aromatic carbocycles. The van der Waals surface area contributed by atoms with Crippen LogP contribution in [-0.4, -0.2) is 45.4 Å². The minimum atomic E-state index is 0.595. The van der Waals surface area contributed by atoms with Crippen LogP contribution in [0, 0.1) is 6.92 Å². The van der Waals surface area contributed by atoms with Crippen LogP contribution in [0.1, 0.15) is 23.1 Å². The Morgan fingerprint density at radius 3 is 2.64 bits per heavy atom. The van der Waals surface area contributed by atoms with Crippen LogP contribution in [0.4, 0.5) is 0 Å². The highest BCUT2D eigenvalue weighted by atomic mass is 16.5. The molecule has 0 atom stereocenters. The first kappa shape index (κ1) is 21.5. The molecule has 2 rings (SSSR count). The second-order valence-corrected chi connectivity index (χ2v) is 6.29. The lowest BCUT2D eigenvalue weighted by Crippen LogP contribution is -2.36. The first-order chi connectivity index (χ1) is 13.7. The van der Waals surface area contributed by atoms with Gasteiger partial charge >= 0.3 is 0 Å². The summed E-state index contributed by atoms with van der Waals surface area (Å²) in [6, 6.07) is 10.1. The number of rotatable bonds is 10. The van der Waals surface area contributed by atoms with Gasteiger partial charge in [-0.15, -0.1) is 0 Å². The topological polar surface area (TPSA) is 77.0 Å². The highest BCUT2D eigenvalue weighted by Crippen LogP contribution is 2.20. The molecule has 7 heteroatoms. The number of nitrogens with zero attached hydrogens (tertiary/aromatic N) is 2. The summed E-state index contributed by atoms with van der Waals surface area (Å²) in [5, 5.41) is 6.63. The van der Waals surface area contributed by atoms with Crippen LogP contribution >= 0.6 is 0 Å². The highest BCUT2D eigenvalue weighted by Gasteiger charge is 2.06. The van der Waals surface area contributed by atoms with E-state index in [1.54, 1.807) is 27.5 Å². The summed E-state index contributed by atoms with van der Waals surface area (Å²) >= 11 is 0. The summed E-state index contributed by atoms with van der Waals surface area (Å²) in [5.41, 5.74) is 3.31. The number of benzene rings is 1. The second-order valence-electron chi connectivity index (χ2n) is 6.29. The molecular weight excluding hydrogens is 356 g/mol. The van der Waals surface area contributed by atoms with Crippen molar-refractivity contribution in [3.63, 3.8) is 0 Å². The molecule has 28 heavy (non-hydrogen) atoms. The molecule has 0 saturated carbocycles. The molecule has 0 aliphatic heterocycles. The molecule has 0 spiro atoms. The Morgan fingerprint density at radius 1 is 1.07 bits per heavy atom. The predicted molar refractivity (Wildman–Crippen MR) is 111 cm³/mol. The summed E-state index contributed by atoms with van der Waals surface area (Å²) < 4.78 is 16.2. The van der Waals surface area contributed by atoms with E-state index >= 15 is 0 Å². The zero-order chi connectivity index (χ0) is 20.2. The number of hydrogen-bond donors (Lipinski definition) is 2. The van der Waals surface area contributed by atoms with E-state index < -0.39 is 0 Å². The Bertz CT molecular complexity index is 765. The molecule has 2 aromatic rings. The molecule has 1 aromatic heterocycles. The number of ether oxygens (including phenoxy) is 3. The summed E-state index contributed by atoms with van der Waals surface area (Å²) in [6.45, 7) is 4.60. The lowest BCUT2D eigenvalue weighted by Gasteiger charge is -2.15. The van der Waals surface area contributed by atoms with Crippen LogP contribution in [0.25, 0.3) is 0 Å². The molecule has 1 heterocycles. The van der Waals surface area contributed by atoms with E-state index in [0.717, 1.165) is 23.3 Å². The smallest absolute Gasteiger partial charge is 0.213 e. The minimum absolute atomic E-state index is 0.595. The SMILES string of the molecule is CN=C(NCc1ccnc(OC)c1)NCc1ccc(C)cc1OCCCOC. The molecule has 2 N–H and O–H groups in total. The van der Waals surface area contributed by atoms with Gasteiger partial charge in [-0.2, -0.15) is 0 Å². The van der Waals surface area contributed by atoms with Crippen molar-refractivity contribution in [3.8, 4) is 11.6 Å². The number of hydrogen-bond acceptors (Lipinski definition) is 5. The fraction of sp³-hybridized carbons (Fsp3) is 0.429. The summed E-state index contributed by atoms with van der Waals surface area (Å²) in [5.74, 6) is 2.19. The van der Waals surface area contributed by atoms with E-state index in [0.29, 0.717) is 38.1 Å². The van der Waals surface area contributed by atoms with Gasteiger partial charge in [0, 0.05) is 58.1 Å². The van der Waals surface area contributed by atoms with Crippen molar-refractivity contribution in [2.24, 2.45) is 4.99 Å². The Kier molecular flexibility index (Phi) is 9.07. The van der Waals surface area contributed by atoms with Gasteiger partial charge in [-0.25, -0.2) is 4.98 Å². The largest absolute Gasteiger partial charge is 0.493 e. The van der Waals surface area contributed by atoms with Crippen molar-refractivity contribution in [1.82, 2.24) is 15.6 Å². The van der Waals surface area contributed by atoms with Gasteiger partial charge < -0.3 is 24.8 Å². The molecule has 0 aliphatic carbocycles. The fourth-order valence-electron chi connectivity index (χ4n) is 2.58. The van der Waals surface area contributed by atoms with Gasteiger partial charge in [0.2, 0.25) is 5.88 Å². The molecule has 0 unspecified atom stereocenters. The maximum Gasteiger partial charge on any atom is 0.213 e. The Hall–Kier alpha value is -2.80. The van der Waals surface area contributed by atoms with Crippen LogP contribution in [-0.2, 0) is 17.8 Å². The van der Waals surface area contributed by atoms with E-state index in [2.05, 4.69) is 45.7 Å². The van der Waals surface area contributed by atoms with Crippen LogP contribution in [0.2, 0.25) is 0 Å². The zero-order valence-electron chi connectivity index (χ0n) is 17.1. The molecule has 0 saturated heterocycles. The molecular formula is C21H30N4O3. The van der Waals surface area contributed by atoms with Gasteiger partial charge in [-0.3, -0.25) is 4.99 Å². The van der Waals surface area contributed by atoms with Crippen LogP contribution in [0.5, 0.6) is 11.6 Å². The van der Waals surface area contributed by atoms with Gasteiger partial charge in [0.05, 0.1) is 13.7 Å². The summed E-state index contributed by atoms with van der Waals surface area (Å²) in [7, 11) is 5.05. The van der Waals surface area contributed by atoms with Gasteiger partial charge in [0.15, 0.2) is 5.96 Å². The first-order valence-electron chi connectivity index (χ1n) is 9.31. The van der Waals surface area contributed by atoms with E-state index in [1.165, 1.54) is 5.56 Å². The lowest BCUT2D eigenvalue weighted by molar-refractivity contribution is 0.171. The Labute approximate surface area is 167 Å². The standard InChI is InChI=1S/C21H30N4O3/c1-16-6-7-18(19(12-16)28-11-5-10-26-3)15-25-21(22-2)24-14-17-8-9-23-20(13-17)27-4/h6-9,12-13H,5,10-11,14-15H2,1-4H3,(H2,22,24,25). The van der Waals surface area contributed by atoms with Crippen molar-refractivity contribution in [2.75, 3.05) is 34.5 Å². The number of aliphatic imine (C=N–C) groups is 1. The third kappa shape index (κ3) is 7.08. The second kappa shape index (κ2) is 11.8. The maximum absolute atomic E-state index is 5.94. The van der Waals surface area contributed by atoms with Gasteiger partial charge in [0.25, 0.3) is 0 Å². The number of guanidine groups is 1. The van der Waals surface area contributed by atoms with Crippen molar-refractivity contribution in [3.05, 3.63) is 53.2 Å². The summed E-state index contributed by atoms with van der Waals surface area (Å²) in [4.78, 5) is 8.40. The average Bonchev–Trinajstić information content (AvgIpc) is 2.72. The fourth-order valence-corrected chi connectivity index (χ4v) is 2.58. The quantitative estimate of drug-likeness (QED) is 0.371. The molecule has 0 aliphatic rings. The molecule has 7 nitrogen and oxygen atoms in total. The Morgan fingerprint density at radius 2 is 1.89 bits per heavy atom. The lowest BCUT2D eigenvalue weighted by atomic mass is 10.1. The van der Waals surface area contributed by atoms with Crippen molar-refractivity contribution >= 4 is 5.96 Å². The zero-order valence-corrected chi connectivity index (χ0v) is 17.1. The van der Waals surface area contributed by atoms with Crippen LogP contribution < -0.4 is 20.1 Å². The molecule has 0 amide bonds. The van der Waals surface area contributed by atoms with Crippen LogP contribution in [0.3, 0.4) is 0 Å². The van der Waals surface area contributed by atoms with Gasteiger partial charge in [0.1, 0.15) is 5.75 Å². The Balaban J connectivity index is 1.91. The molecule has 0 fully saturated rings. The monoisotopic (exact) mass is 386 g/mol. The number of pyridine rings is 1. The van der Waals surface area contributed by atoms with Crippen LogP contribution in [0.15, 0.2) is 41.5 Å². The van der Waals surface area contributed by atoms with E-state index in [9.17, 15) is 0 Å². The van der Waals surface area contributed by atoms with Gasteiger partial charge in [-0.05, 0) is 30.2 Å². The van der Waals surface area contributed by atoms with Crippen molar-refractivity contribution in [2.45, 2.75) is 26.4 Å². The predicted octanol–water partition coefficient (Wildman–Crippen LogP) is 2.68. The van der Waals surface area contributed by atoms with Crippen molar-refractivity contribution in [1.29, 1.82) is 0 Å². The van der Waals surface area contributed by atoms with E-state index in [-0.39, 0.29) is 0 Å². The normalized spacial score (nSPS) is 11.2. The highest BCUT2D eigenvalue weighted by molar-refractivity contribution is 5.79. The molecule has 0 radical (unpaired) electrons. The number of nitrogens with one attached hydrogen (secondary N) is 2.